The molecule has 3 N–H and O–H groups in total. The number of nitrogens with one attached hydrogen (secondary N) is 1. The predicted octanol–water partition coefficient (Wildman–Crippen LogP) is 2.01. The summed E-state index contributed by atoms with van der Waals surface area (Å²) in [6.45, 7) is 1.88. The van der Waals surface area contributed by atoms with E-state index in [-0.39, 0.29) is 5.11 Å². The molecule has 14 heavy (non-hydrogen) atoms. The van der Waals surface area contributed by atoms with Crippen molar-refractivity contribution in [2.75, 3.05) is 0 Å². The summed E-state index contributed by atoms with van der Waals surface area (Å²) in [4.78, 5) is 0. The average molecular weight is 272 g/mol. The van der Waals surface area contributed by atoms with Gasteiger partial charge < -0.3 is 5.73 Å². The van der Waals surface area contributed by atoms with Gasteiger partial charge in [-0.05, 0) is 36.8 Å². The Kier molecular flexibility index (Phi) is 4.03. The second-order valence-corrected chi connectivity index (χ2v) is 4.04. The highest BCUT2D eigenvalue weighted by atomic mass is 79.9. The fourth-order valence-electron chi connectivity index (χ4n) is 0.895. The van der Waals surface area contributed by atoms with Crippen LogP contribution in [0.1, 0.15) is 12.5 Å². The van der Waals surface area contributed by atoms with E-state index in [1.54, 1.807) is 0 Å². The molecule has 0 atom stereocenters. The molecule has 0 bridgehead atoms. The smallest absolute Gasteiger partial charge is 0.184 e. The van der Waals surface area contributed by atoms with Gasteiger partial charge in [-0.3, -0.25) is 5.43 Å². The van der Waals surface area contributed by atoms with Gasteiger partial charge in [0.15, 0.2) is 5.11 Å². The molecule has 1 aromatic carbocycles. The van der Waals surface area contributed by atoms with Crippen molar-refractivity contribution in [3.63, 3.8) is 0 Å². The van der Waals surface area contributed by atoms with Crippen LogP contribution in [0.2, 0.25) is 0 Å². The van der Waals surface area contributed by atoms with Crippen LogP contribution in [-0.4, -0.2) is 10.8 Å². The zero-order valence-electron chi connectivity index (χ0n) is 7.62. The number of nitrogens with two attached hydrogens (primary N) is 1. The molecule has 0 saturated carbocycles. The minimum Gasteiger partial charge on any atom is -0.375 e. The Labute approximate surface area is 96.5 Å². The topological polar surface area (TPSA) is 50.4 Å². The second-order valence-electron chi connectivity index (χ2n) is 2.68. The van der Waals surface area contributed by atoms with Crippen molar-refractivity contribution in [3.05, 3.63) is 34.3 Å². The number of benzene rings is 1. The molecule has 0 spiro atoms. The van der Waals surface area contributed by atoms with Crippen LogP contribution < -0.4 is 11.2 Å². The summed E-state index contributed by atoms with van der Waals surface area (Å²) in [6, 6.07) is 7.83. The fraction of sp³-hybridized carbons (Fsp3) is 0.111. The maximum Gasteiger partial charge on any atom is 0.184 e. The van der Waals surface area contributed by atoms with E-state index in [0.29, 0.717) is 0 Å². The molecule has 0 aliphatic rings. The first-order chi connectivity index (χ1) is 6.59. The Morgan fingerprint density at radius 1 is 1.43 bits per heavy atom. The number of hydrogen-bond acceptors (Lipinski definition) is 2. The molecule has 3 nitrogen and oxygen atoms in total. The monoisotopic (exact) mass is 271 g/mol. The van der Waals surface area contributed by atoms with Crippen LogP contribution in [0.25, 0.3) is 0 Å². The minimum atomic E-state index is 0.168. The van der Waals surface area contributed by atoms with Gasteiger partial charge in [0.2, 0.25) is 0 Å². The number of rotatable bonds is 2. The van der Waals surface area contributed by atoms with E-state index in [2.05, 4.69) is 38.7 Å². The van der Waals surface area contributed by atoms with Gasteiger partial charge in [-0.2, -0.15) is 5.10 Å². The molecule has 0 aromatic heterocycles. The Hall–Kier alpha value is -0.940. The normalized spacial score (nSPS) is 11.1. The highest BCUT2D eigenvalue weighted by Crippen LogP contribution is 2.10. The van der Waals surface area contributed by atoms with E-state index in [0.717, 1.165) is 15.7 Å². The fourth-order valence-corrected chi connectivity index (χ4v) is 1.20. The zero-order chi connectivity index (χ0) is 10.6. The maximum absolute atomic E-state index is 5.25. The lowest BCUT2D eigenvalue weighted by Crippen LogP contribution is -2.25. The van der Waals surface area contributed by atoms with Crippen LogP contribution in [0.5, 0.6) is 0 Å². The number of halogens is 1. The largest absolute Gasteiger partial charge is 0.375 e. The van der Waals surface area contributed by atoms with Gasteiger partial charge in [0.25, 0.3) is 0 Å². The molecule has 0 aliphatic carbocycles. The molecule has 0 amide bonds. The lowest BCUT2D eigenvalue weighted by molar-refractivity contribution is 1.03. The third-order valence-electron chi connectivity index (χ3n) is 1.60. The molecule has 0 radical (unpaired) electrons. The molecule has 0 unspecified atom stereocenters. The number of hydrazone groups is 1. The van der Waals surface area contributed by atoms with Gasteiger partial charge in [-0.15, -0.1) is 0 Å². The van der Waals surface area contributed by atoms with Crippen molar-refractivity contribution < 1.29 is 0 Å². The van der Waals surface area contributed by atoms with Crippen molar-refractivity contribution in [1.29, 1.82) is 0 Å². The first-order valence-corrected chi connectivity index (χ1v) is 5.15. The van der Waals surface area contributed by atoms with E-state index in [9.17, 15) is 0 Å². The van der Waals surface area contributed by atoms with Crippen LogP contribution in [0.15, 0.2) is 33.8 Å². The highest BCUT2D eigenvalue weighted by molar-refractivity contribution is 9.10. The molecular weight excluding hydrogens is 262 g/mol. The average Bonchev–Trinajstić information content (AvgIpc) is 2.15. The van der Waals surface area contributed by atoms with E-state index in [1.807, 2.05) is 31.2 Å². The Bertz CT molecular complexity index is 359. The van der Waals surface area contributed by atoms with E-state index < -0.39 is 0 Å². The Morgan fingerprint density at radius 2 is 2.00 bits per heavy atom. The van der Waals surface area contributed by atoms with E-state index in [1.165, 1.54) is 0 Å². The zero-order valence-corrected chi connectivity index (χ0v) is 10.0. The Morgan fingerprint density at radius 3 is 2.50 bits per heavy atom. The Balaban J connectivity index is 2.78. The summed E-state index contributed by atoms with van der Waals surface area (Å²) in [5.41, 5.74) is 9.66. The van der Waals surface area contributed by atoms with Crippen molar-refractivity contribution in [2.45, 2.75) is 6.92 Å². The van der Waals surface area contributed by atoms with Crippen molar-refractivity contribution >= 4 is 39.0 Å². The second kappa shape index (κ2) is 5.07. The first-order valence-electron chi connectivity index (χ1n) is 3.95. The molecular formula is C9H10BrN3S. The summed E-state index contributed by atoms with van der Waals surface area (Å²) in [6.07, 6.45) is 0. The van der Waals surface area contributed by atoms with Crippen LogP contribution in [0, 0.1) is 0 Å². The first kappa shape index (κ1) is 11.1. The standard InChI is InChI=1S/C9H10BrN3S/c1-6(12-13-9(11)14)7-2-4-8(10)5-3-7/h2-5H,1H3,(H3,11,13,14)/b12-6+. The molecule has 5 heteroatoms. The number of nitrogens with zero attached hydrogens (tertiary/aromatic N) is 1. The van der Waals surface area contributed by atoms with Crippen LogP contribution in [-0.2, 0) is 0 Å². The van der Waals surface area contributed by atoms with Crippen LogP contribution >= 0.6 is 28.1 Å². The predicted molar refractivity (Wildman–Crippen MR) is 66.3 cm³/mol. The van der Waals surface area contributed by atoms with Crippen molar-refractivity contribution in [1.82, 2.24) is 5.43 Å². The summed E-state index contributed by atoms with van der Waals surface area (Å²) in [5, 5.41) is 4.18. The van der Waals surface area contributed by atoms with Crippen LogP contribution in [0.4, 0.5) is 0 Å². The van der Waals surface area contributed by atoms with Gasteiger partial charge in [0.1, 0.15) is 0 Å². The quantitative estimate of drug-likeness (QED) is 0.492. The summed E-state index contributed by atoms with van der Waals surface area (Å²) < 4.78 is 1.04. The molecule has 0 heterocycles. The summed E-state index contributed by atoms with van der Waals surface area (Å²) in [7, 11) is 0. The molecule has 0 fully saturated rings. The van der Waals surface area contributed by atoms with E-state index >= 15 is 0 Å². The third-order valence-corrected chi connectivity index (χ3v) is 2.22. The maximum atomic E-state index is 5.25. The number of thiocarbonyl (C=S) groups is 1. The molecule has 0 saturated heterocycles. The summed E-state index contributed by atoms with van der Waals surface area (Å²) >= 11 is 8.00. The van der Waals surface area contributed by atoms with Gasteiger partial charge in [0.05, 0.1) is 5.71 Å². The van der Waals surface area contributed by atoms with Gasteiger partial charge in [-0.25, -0.2) is 0 Å². The van der Waals surface area contributed by atoms with Crippen molar-refractivity contribution in [2.24, 2.45) is 10.8 Å². The molecule has 0 aliphatic heterocycles. The van der Waals surface area contributed by atoms with E-state index in [4.69, 9.17) is 5.73 Å². The van der Waals surface area contributed by atoms with Crippen LogP contribution in [0.3, 0.4) is 0 Å². The minimum absolute atomic E-state index is 0.168. The molecule has 74 valence electrons. The third kappa shape index (κ3) is 3.43. The highest BCUT2D eigenvalue weighted by Gasteiger charge is 1.96. The summed E-state index contributed by atoms with van der Waals surface area (Å²) in [5.74, 6) is 0. The number of hydrogen-bond donors (Lipinski definition) is 2. The molecule has 1 aromatic rings. The van der Waals surface area contributed by atoms with Crippen molar-refractivity contribution in [3.8, 4) is 0 Å². The SMILES string of the molecule is C/C(=N\NC(N)=S)c1ccc(Br)cc1. The molecule has 1 rings (SSSR count). The van der Waals surface area contributed by atoms with Gasteiger partial charge in [0, 0.05) is 4.47 Å². The van der Waals surface area contributed by atoms with Gasteiger partial charge >= 0.3 is 0 Å². The lowest BCUT2D eigenvalue weighted by atomic mass is 10.1. The lowest BCUT2D eigenvalue weighted by Gasteiger charge is -2.01. The van der Waals surface area contributed by atoms with Gasteiger partial charge in [-0.1, -0.05) is 28.1 Å².